The van der Waals surface area contributed by atoms with E-state index in [9.17, 15) is 4.79 Å². The van der Waals surface area contributed by atoms with E-state index in [0.717, 1.165) is 0 Å². The van der Waals surface area contributed by atoms with Gasteiger partial charge in [-0.1, -0.05) is 34.8 Å². The molecule has 20 heavy (non-hydrogen) atoms. The lowest BCUT2D eigenvalue weighted by Gasteiger charge is -2.19. The zero-order valence-electron chi connectivity index (χ0n) is 11.5. The maximum absolute atomic E-state index is 11.4. The van der Waals surface area contributed by atoms with Crippen LogP contribution in [0, 0.1) is 0 Å². The molecule has 0 spiro atoms. The summed E-state index contributed by atoms with van der Waals surface area (Å²) < 4.78 is 5.11. The van der Waals surface area contributed by atoms with Gasteiger partial charge in [-0.05, 0) is 32.9 Å². The lowest BCUT2D eigenvalue weighted by Crippen LogP contribution is -2.35. The van der Waals surface area contributed by atoms with Crippen LogP contribution in [-0.4, -0.2) is 24.8 Å². The highest BCUT2D eigenvalue weighted by Crippen LogP contribution is 2.31. The van der Waals surface area contributed by atoms with Crippen LogP contribution in [-0.2, 0) is 4.74 Å². The second-order valence-electron chi connectivity index (χ2n) is 5.10. The molecule has 7 heteroatoms. The number of carbonyl (C=O) groups is 1. The Labute approximate surface area is 133 Å². The van der Waals surface area contributed by atoms with Crippen molar-refractivity contribution in [2.45, 2.75) is 26.4 Å². The van der Waals surface area contributed by atoms with Crippen LogP contribution in [0.2, 0.25) is 15.1 Å². The Morgan fingerprint density at radius 2 is 1.70 bits per heavy atom. The van der Waals surface area contributed by atoms with Crippen LogP contribution in [0.5, 0.6) is 0 Å². The van der Waals surface area contributed by atoms with Crippen LogP contribution < -0.4 is 10.6 Å². The van der Waals surface area contributed by atoms with E-state index in [2.05, 4.69) is 10.6 Å². The van der Waals surface area contributed by atoms with Gasteiger partial charge in [0.05, 0.1) is 20.8 Å². The fourth-order valence-corrected chi connectivity index (χ4v) is 1.95. The molecule has 112 valence electrons. The molecule has 0 radical (unpaired) electrons. The first-order valence-electron chi connectivity index (χ1n) is 6.04. The maximum Gasteiger partial charge on any atom is 0.407 e. The molecular weight excluding hydrogens is 323 g/mol. The van der Waals surface area contributed by atoms with E-state index in [-0.39, 0.29) is 0 Å². The van der Waals surface area contributed by atoms with Crippen molar-refractivity contribution >= 4 is 46.6 Å². The Kier molecular flexibility index (Phi) is 6.24. The molecule has 1 amide bonds. The second kappa shape index (κ2) is 7.25. The van der Waals surface area contributed by atoms with Gasteiger partial charge in [-0.2, -0.15) is 0 Å². The summed E-state index contributed by atoms with van der Waals surface area (Å²) in [7, 11) is 0. The number of hydrogen-bond donors (Lipinski definition) is 2. The van der Waals surface area contributed by atoms with Gasteiger partial charge >= 0.3 is 6.09 Å². The van der Waals surface area contributed by atoms with Gasteiger partial charge in [-0.3, -0.25) is 0 Å². The van der Waals surface area contributed by atoms with Crippen molar-refractivity contribution in [1.29, 1.82) is 0 Å². The molecule has 0 aromatic heterocycles. The summed E-state index contributed by atoms with van der Waals surface area (Å²) in [6, 6.07) is 3.20. The quantitative estimate of drug-likeness (QED) is 0.623. The number of nitrogens with one attached hydrogen (secondary N) is 2. The van der Waals surface area contributed by atoms with Gasteiger partial charge in [0.15, 0.2) is 0 Å². The summed E-state index contributed by atoms with van der Waals surface area (Å²) in [5, 5.41) is 6.96. The van der Waals surface area contributed by atoms with E-state index in [4.69, 9.17) is 39.5 Å². The van der Waals surface area contributed by atoms with Crippen molar-refractivity contribution in [3.63, 3.8) is 0 Å². The summed E-state index contributed by atoms with van der Waals surface area (Å²) in [5.41, 5.74) is 0.150. The first-order valence-corrected chi connectivity index (χ1v) is 7.18. The number of halogens is 3. The number of ether oxygens (including phenoxy) is 1. The van der Waals surface area contributed by atoms with Gasteiger partial charge in [-0.15, -0.1) is 0 Å². The number of hydrogen-bond acceptors (Lipinski definition) is 3. The van der Waals surface area contributed by atoms with E-state index in [1.165, 1.54) is 0 Å². The van der Waals surface area contributed by atoms with E-state index < -0.39 is 11.7 Å². The monoisotopic (exact) mass is 338 g/mol. The number of rotatable bonds is 4. The minimum absolute atomic E-state index is 0.394. The van der Waals surface area contributed by atoms with Crippen molar-refractivity contribution in [3.8, 4) is 0 Å². The molecule has 0 bridgehead atoms. The first kappa shape index (κ1) is 17.2. The molecule has 4 nitrogen and oxygen atoms in total. The van der Waals surface area contributed by atoms with Gasteiger partial charge in [0.1, 0.15) is 5.60 Å². The van der Waals surface area contributed by atoms with Crippen molar-refractivity contribution in [2.75, 3.05) is 18.4 Å². The van der Waals surface area contributed by atoms with Crippen LogP contribution in [0.25, 0.3) is 0 Å². The van der Waals surface area contributed by atoms with E-state index in [1.54, 1.807) is 32.9 Å². The minimum atomic E-state index is -0.509. The summed E-state index contributed by atoms with van der Waals surface area (Å²) in [4.78, 5) is 11.4. The highest BCUT2D eigenvalue weighted by atomic mass is 35.5. The van der Waals surface area contributed by atoms with Crippen molar-refractivity contribution in [3.05, 3.63) is 27.2 Å². The van der Waals surface area contributed by atoms with Crippen molar-refractivity contribution in [2.24, 2.45) is 0 Å². The van der Waals surface area contributed by atoms with Crippen LogP contribution in [0.4, 0.5) is 10.5 Å². The molecule has 1 aromatic rings. The fourth-order valence-electron chi connectivity index (χ4n) is 1.33. The number of alkyl carbamates (subject to hydrolysis) is 1. The minimum Gasteiger partial charge on any atom is -0.444 e. The molecule has 0 aliphatic heterocycles. The SMILES string of the molecule is CC(C)(C)OC(=O)NCCNc1cc(Cl)c(Cl)cc1Cl. The van der Waals surface area contributed by atoms with Gasteiger partial charge in [0.2, 0.25) is 0 Å². The maximum atomic E-state index is 11.4. The highest BCUT2D eigenvalue weighted by Gasteiger charge is 2.15. The molecule has 0 atom stereocenters. The van der Waals surface area contributed by atoms with Crippen molar-refractivity contribution < 1.29 is 9.53 Å². The van der Waals surface area contributed by atoms with Gasteiger partial charge in [0.25, 0.3) is 0 Å². The second-order valence-corrected chi connectivity index (χ2v) is 6.32. The molecule has 1 aromatic carbocycles. The number of anilines is 1. The Bertz CT molecular complexity index is 487. The molecule has 0 aliphatic rings. The normalized spacial score (nSPS) is 11.1. The van der Waals surface area contributed by atoms with Crippen LogP contribution in [0.3, 0.4) is 0 Å². The topological polar surface area (TPSA) is 50.4 Å². The van der Waals surface area contributed by atoms with Crippen molar-refractivity contribution in [1.82, 2.24) is 5.32 Å². The summed E-state index contributed by atoms with van der Waals surface area (Å²) in [5.74, 6) is 0. The van der Waals surface area contributed by atoms with Gasteiger partial charge in [0, 0.05) is 13.1 Å². The number of benzene rings is 1. The third-order valence-electron chi connectivity index (χ3n) is 2.12. The third-order valence-corrected chi connectivity index (χ3v) is 3.15. The van der Waals surface area contributed by atoms with E-state index in [1.807, 2.05) is 0 Å². The predicted molar refractivity (Wildman–Crippen MR) is 84.2 cm³/mol. The zero-order valence-corrected chi connectivity index (χ0v) is 13.8. The first-order chi connectivity index (χ1) is 9.19. The number of carbonyl (C=O) groups excluding carboxylic acids is 1. The summed E-state index contributed by atoms with van der Waals surface area (Å²) in [6.07, 6.45) is -0.459. The zero-order chi connectivity index (χ0) is 15.3. The lowest BCUT2D eigenvalue weighted by atomic mass is 10.2. The van der Waals surface area contributed by atoms with E-state index >= 15 is 0 Å². The Morgan fingerprint density at radius 3 is 2.30 bits per heavy atom. The van der Waals surface area contributed by atoms with Crippen LogP contribution in [0.15, 0.2) is 12.1 Å². The van der Waals surface area contributed by atoms with E-state index in [0.29, 0.717) is 33.8 Å². The van der Waals surface area contributed by atoms with Crippen LogP contribution >= 0.6 is 34.8 Å². The largest absolute Gasteiger partial charge is 0.444 e. The molecule has 0 heterocycles. The fraction of sp³-hybridized carbons (Fsp3) is 0.462. The molecular formula is C13H17Cl3N2O2. The Balaban J connectivity index is 2.38. The van der Waals surface area contributed by atoms with Gasteiger partial charge in [-0.25, -0.2) is 4.79 Å². The third kappa shape index (κ3) is 6.07. The highest BCUT2D eigenvalue weighted by molar-refractivity contribution is 6.44. The summed E-state index contributed by atoms with van der Waals surface area (Å²) >= 11 is 17.7. The standard InChI is InChI=1S/C13H17Cl3N2O2/c1-13(2,3)20-12(19)18-5-4-17-11-7-9(15)8(14)6-10(11)16/h6-7,17H,4-5H2,1-3H3,(H,18,19). The molecule has 0 fully saturated rings. The smallest absolute Gasteiger partial charge is 0.407 e. The average molecular weight is 340 g/mol. The molecule has 0 saturated carbocycles. The Hall–Kier alpha value is -0.840. The van der Waals surface area contributed by atoms with Gasteiger partial charge < -0.3 is 15.4 Å². The molecule has 0 aliphatic carbocycles. The average Bonchev–Trinajstić information content (AvgIpc) is 2.28. The molecule has 0 unspecified atom stereocenters. The molecule has 1 rings (SSSR count). The summed E-state index contributed by atoms with van der Waals surface area (Å²) in [6.45, 7) is 6.29. The van der Waals surface area contributed by atoms with Crippen LogP contribution in [0.1, 0.15) is 20.8 Å². The molecule has 0 saturated heterocycles. The predicted octanol–water partition coefficient (Wildman–Crippen LogP) is 4.58. The Morgan fingerprint density at radius 1 is 1.10 bits per heavy atom. The molecule has 2 N–H and O–H groups in total. The number of amides is 1. The lowest BCUT2D eigenvalue weighted by molar-refractivity contribution is 0.0530.